The summed E-state index contributed by atoms with van der Waals surface area (Å²) in [4.78, 5) is 12.8. The van der Waals surface area contributed by atoms with Crippen LogP contribution in [0.1, 0.15) is 6.92 Å². The first kappa shape index (κ1) is 11.2. The summed E-state index contributed by atoms with van der Waals surface area (Å²) in [7, 11) is 1.64. The molecule has 0 fully saturated rings. The van der Waals surface area contributed by atoms with E-state index in [1.807, 2.05) is 24.3 Å². The first-order valence-electron chi connectivity index (χ1n) is 4.23. The summed E-state index contributed by atoms with van der Waals surface area (Å²) >= 11 is 3.32. The third kappa shape index (κ3) is 2.56. The predicted octanol–water partition coefficient (Wildman–Crippen LogP) is 1.79. The molecule has 0 bridgehead atoms. The molecule has 1 aromatic carbocycles. The molecule has 0 saturated heterocycles. The van der Waals surface area contributed by atoms with Crippen molar-refractivity contribution in [1.82, 2.24) is 0 Å². The number of carbonyl (C=O) groups is 1. The van der Waals surface area contributed by atoms with Crippen LogP contribution in [0.5, 0.6) is 0 Å². The molecule has 0 saturated carbocycles. The van der Waals surface area contributed by atoms with Crippen LogP contribution in [-0.2, 0) is 4.79 Å². The Labute approximate surface area is 91.5 Å². The largest absolute Gasteiger partial charge is 0.384 e. The number of benzene rings is 1. The highest BCUT2D eigenvalue weighted by Gasteiger charge is 2.15. The van der Waals surface area contributed by atoms with Gasteiger partial charge in [-0.05, 0) is 25.1 Å². The molecule has 0 aliphatic heterocycles. The number of anilines is 1. The lowest BCUT2D eigenvalue weighted by atomic mass is 10.2. The van der Waals surface area contributed by atoms with Crippen molar-refractivity contribution in [3.05, 3.63) is 28.7 Å². The van der Waals surface area contributed by atoms with Gasteiger partial charge in [0.1, 0.15) is 6.10 Å². The standard InChI is InChI=1S/C10H12BrNO2/c1-7(13)10(14)12(2)9-5-3-4-8(11)6-9/h3-7,13H,1-2H3. The van der Waals surface area contributed by atoms with Crippen LogP contribution in [0, 0.1) is 0 Å². The number of nitrogens with zero attached hydrogens (tertiary/aromatic N) is 1. The molecule has 1 amide bonds. The first-order chi connectivity index (χ1) is 6.52. The van der Waals surface area contributed by atoms with Crippen LogP contribution in [0.15, 0.2) is 28.7 Å². The number of hydrogen-bond acceptors (Lipinski definition) is 2. The third-order valence-electron chi connectivity index (χ3n) is 1.88. The second kappa shape index (κ2) is 4.57. The zero-order valence-electron chi connectivity index (χ0n) is 8.07. The van der Waals surface area contributed by atoms with Crippen molar-refractivity contribution in [3.63, 3.8) is 0 Å². The molecule has 0 heterocycles. The highest BCUT2D eigenvalue weighted by atomic mass is 79.9. The fourth-order valence-corrected chi connectivity index (χ4v) is 1.48. The molecule has 4 heteroatoms. The molecule has 3 nitrogen and oxygen atoms in total. The molecule has 1 rings (SSSR count). The fourth-order valence-electron chi connectivity index (χ4n) is 1.09. The molecule has 76 valence electrons. The molecule has 0 aliphatic rings. The minimum absolute atomic E-state index is 0.317. The molecule has 0 spiro atoms. The Balaban J connectivity index is 2.89. The predicted molar refractivity (Wildman–Crippen MR) is 59.2 cm³/mol. The van der Waals surface area contributed by atoms with Crippen LogP contribution >= 0.6 is 15.9 Å². The summed E-state index contributed by atoms with van der Waals surface area (Å²) in [6.07, 6.45) is -0.973. The van der Waals surface area contributed by atoms with Crippen molar-refractivity contribution >= 4 is 27.5 Å². The highest BCUT2D eigenvalue weighted by molar-refractivity contribution is 9.10. The summed E-state index contributed by atoms with van der Waals surface area (Å²) < 4.78 is 0.903. The van der Waals surface area contributed by atoms with E-state index < -0.39 is 6.10 Å². The van der Waals surface area contributed by atoms with E-state index in [4.69, 9.17) is 5.11 Å². The Hall–Kier alpha value is -0.870. The quantitative estimate of drug-likeness (QED) is 0.878. The maximum Gasteiger partial charge on any atom is 0.255 e. The Morgan fingerprint density at radius 2 is 2.21 bits per heavy atom. The van der Waals surface area contributed by atoms with E-state index in [1.54, 1.807) is 7.05 Å². The van der Waals surface area contributed by atoms with Gasteiger partial charge in [-0.3, -0.25) is 4.79 Å². The van der Waals surface area contributed by atoms with Gasteiger partial charge >= 0.3 is 0 Å². The van der Waals surface area contributed by atoms with Crippen LogP contribution in [-0.4, -0.2) is 24.2 Å². The second-order valence-corrected chi connectivity index (χ2v) is 3.97. The van der Waals surface area contributed by atoms with Gasteiger partial charge in [-0.15, -0.1) is 0 Å². The number of hydrogen-bond donors (Lipinski definition) is 1. The van der Waals surface area contributed by atoms with Crippen molar-refractivity contribution in [2.24, 2.45) is 0 Å². The maximum absolute atomic E-state index is 11.4. The molecule has 1 atom stereocenters. The topological polar surface area (TPSA) is 40.5 Å². The zero-order valence-corrected chi connectivity index (χ0v) is 9.65. The molecule has 0 radical (unpaired) electrons. The molecular weight excluding hydrogens is 246 g/mol. The number of likely N-dealkylation sites (N-methyl/N-ethyl adjacent to an activating group) is 1. The number of amides is 1. The smallest absolute Gasteiger partial charge is 0.255 e. The van der Waals surface area contributed by atoms with Crippen molar-refractivity contribution < 1.29 is 9.90 Å². The van der Waals surface area contributed by atoms with Crippen LogP contribution in [0.25, 0.3) is 0 Å². The fraction of sp³-hybridized carbons (Fsp3) is 0.300. The number of aliphatic hydroxyl groups excluding tert-OH is 1. The number of carbonyl (C=O) groups excluding carboxylic acids is 1. The van der Waals surface area contributed by atoms with Gasteiger partial charge in [0.05, 0.1) is 0 Å². The van der Waals surface area contributed by atoms with Gasteiger partial charge in [0.25, 0.3) is 5.91 Å². The van der Waals surface area contributed by atoms with E-state index in [0.717, 1.165) is 10.2 Å². The summed E-state index contributed by atoms with van der Waals surface area (Å²) in [5.74, 6) is -0.317. The average molecular weight is 258 g/mol. The van der Waals surface area contributed by atoms with E-state index in [-0.39, 0.29) is 5.91 Å². The Kier molecular flexibility index (Phi) is 3.66. The van der Waals surface area contributed by atoms with Gasteiger partial charge in [0.2, 0.25) is 0 Å². The second-order valence-electron chi connectivity index (χ2n) is 3.05. The van der Waals surface area contributed by atoms with Crippen molar-refractivity contribution in [3.8, 4) is 0 Å². The van der Waals surface area contributed by atoms with Crippen molar-refractivity contribution in [1.29, 1.82) is 0 Å². The lowest BCUT2D eigenvalue weighted by Gasteiger charge is -2.18. The number of halogens is 1. The summed E-state index contributed by atoms with van der Waals surface area (Å²) in [5, 5.41) is 9.12. The summed E-state index contributed by atoms with van der Waals surface area (Å²) in [6.45, 7) is 1.46. The van der Waals surface area contributed by atoms with Crippen LogP contribution in [0.4, 0.5) is 5.69 Å². The molecule has 0 aliphatic carbocycles. The Morgan fingerprint density at radius 1 is 1.57 bits per heavy atom. The van der Waals surface area contributed by atoms with Gasteiger partial charge < -0.3 is 10.0 Å². The maximum atomic E-state index is 11.4. The normalized spacial score (nSPS) is 12.3. The van der Waals surface area contributed by atoms with E-state index >= 15 is 0 Å². The van der Waals surface area contributed by atoms with E-state index in [2.05, 4.69) is 15.9 Å². The lowest BCUT2D eigenvalue weighted by molar-refractivity contribution is -0.125. The SMILES string of the molecule is CC(O)C(=O)N(C)c1cccc(Br)c1. The Morgan fingerprint density at radius 3 is 2.71 bits per heavy atom. The van der Waals surface area contributed by atoms with Crippen LogP contribution in [0.3, 0.4) is 0 Å². The molecule has 1 unspecified atom stereocenters. The van der Waals surface area contributed by atoms with Gasteiger partial charge in [0, 0.05) is 17.2 Å². The monoisotopic (exact) mass is 257 g/mol. The van der Waals surface area contributed by atoms with Crippen molar-refractivity contribution in [2.45, 2.75) is 13.0 Å². The van der Waals surface area contributed by atoms with Gasteiger partial charge in [-0.1, -0.05) is 22.0 Å². The minimum Gasteiger partial charge on any atom is -0.384 e. The van der Waals surface area contributed by atoms with E-state index in [9.17, 15) is 4.79 Å². The molecule has 1 N–H and O–H groups in total. The zero-order chi connectivity index (χ0) is 10.7. The molecule has 14 heavy (non-hydrogen) atoms. The van der Waals surface area contributed by atoms with Gasteiger partial charge in [-0.25, -0.2) is 0 Å². The lowest BCUT2D eigenvalue weighted by Crippen LogP contribution is -2.34. The highest BCUT2D eigenvalue weighted by Crippen LogP contribution is 2.19. The Bertz CT molecular complexity index is 339. The molecular formula is C10H12BrNO2. The van der Waals surface area contributed by atoms with E-state index in [0.29, 0.717) is 0 Å². The first-order valence-corrected chi connectivity index (χ1v) is 5.03. The van der Waals surface area contributed by atoms with E-state index in [1.165, 1.54) is 11.8 Å². The van der Waals surface area contributed by atoms with Gasteiger partial charge in [0.15, 0.2) is 0 Å². The summed E-state index contributed by atoms with van der Waals surface area (Å²) in [6, 6.07) is 7.35. The van der Waals surface area contributed by atoms with Crippen LogP contribution < -0.4 is 4.90 Å². The molecule has 1 aromatic rings. The summed E-state index contributed by atoms with van der Waals surface area (Å²) in [5.41, 5.74) is 0.755. The van der Waals surface area contributed by atoms with Crippen molar-refractivity contribution in [2.75, 3.05) is 11.9 Å². The van der Waals surface area contributed by atoms with Crippen LogP contribution in [0.2, 0.25) is 0 Å². The van der Waals surface area contributed by atoms with Gasteiger partial charge in [-0.2, -0.15) is 0 Å². The minimum atomic E-state index is -0.973. The third-order valence-corrected chi connectivity index (χ3v) is 2.38. The number of aliphatic hydroxyl groups is 1. The average Bonchev–Trinajstić information content (AvgIpc) is 2.15. The molecule has 0 aromatic heterocycles. The number of rotatable bonds is 2.